The van der Waals surface area contributed by atoms with Crippen molar-refractivity contribution in [3.05, 3.63) is 48.3 Å². The molecule has 0 radical (unpaired) electrons. The van der Waals surface area contributed by atoms with Crippen LogP contribution in [0.15, 0.2) is 36.7 Å². The van der Waals surface area contributed by atoms with Gasteiger partial charge in [-0.25, -0.2) is 9.97 Å². The Hall–Kier alpha value is -2.67. The fourth-order valence-electron chi connectivity index (χ4n) is 4.51. The van der Waals surface area contributed by atoms with E-state index in [9.17, 15) is 9.90 Å². The number of fused-ring (bicyclic) bond motifs is 1. The molecule has 1 fully saturated rings. The summed E-state index contributed by atoms with van der Waals surface area (Å²) in [6.45, 7) is 4.91. The third-order valence-corrected chi connectivity index (χ3v) is 6.00. The van der Waals surface area contributed by atoms with E-state index >= 15 is 0 Å². The van der Waals surface area contributed by atoms with Gasteiger partial charge >= 0.3 is 0 Å². The number of aliphatic hydroxyl groups is 1. The highest BCUT2D eigenvalue weighted by atomic mass is 16.3. The third-order valence-electron chi connectivity index (χ3n) is 6.00. The standard InChI is InChI=1S/C22H29N5O2/c1-3-26-18-8-5-4-7-16(18)24-20(26)9-6-10-21(28)25-17-11-12-19(22(17)29)27-14-13-23-15(27)2/h4-5,7-8,13-14,17,19,22,29H,3,6,9-12H2,1-2H3,(H,25,28)/t17-,19-,22-/m1/s1. The van der Waals surface area contributed by atoms with Gasteiger partial charge < -0.3 is 19.6 Å². The zero-order valence-corrected chi connectivity index (χ0v) is 17.1. The van der Waals surface area contributed by atoms with Crippen molar-refractivity contribution in [1.82, 2.24) is 24.4 Å². The molecule has 1 aliphatic carbocycles. The fourth-order valence-corrected chi connectivity index (χ4v) is 4.51. The van der Waals surface area contributed by atoms with Gasteiger partial charge in [0.2, 0.25) is 5.91 Å². The zero-order valence-electron chi connectivity index (χ0n) is 17.1. The molecule has 1 aromatic carbocycles. The molecule has 29 heavy (non-hydrogen) atoms. The SMILES string of the molecule is CCn1c(CCCC(=O)N[C@@H]2CC[C@@H](n3ccnc3C)[C@@H]2O)nc2ccccc21. The molecule has 3 atom stereocenters. The Balaban J connectivity index is 1.30. The van der Waals surface area contributed by atoms with Gasteiger partial charge in [-0.3, -0.25) is 4.79 Å². The Kier molecular flexibility index (Phi) is 5.67. The van der Waals surface area contributed by atoms with Crippen molar-refractivity contribution in [1.29, 1.82) is 0 Å². The summed E-state index contributed by atoms with van der Waals surface area (Å²) in [6, 6.07) is 7.91. The van der Waals surface area contributed by atoms with Crippen LogP contribution >= 0.6 is 0 Å². The molecule has 4 rings (SSSR count). The van der Waals surface area contributed by atoms with Crippen molar-refractivity contribution >= 4 is 16.9 Å². The number of aryl methyl sites for hydroxylation is 3. The summed E-state index contributed by atoms with van der Waals surface area (Å²) in [5.41, 5.74) is 2.15. The first-order valence-corrected chi connectivity index (χ1v) is 10.5. The summed E-state index contributed by atoms with van der Waals surface area (Å²) in [5.74, 6) is 1.91. The van der Waals surface area contributed by atoms with Crippen LogP contribution in [0.4, 0.5) is 0 Å². The largest absolute Gasteiger partial charge is 0.389 e. The van der Waals surface area contributed by atoms with Crippen LogP contribution in [-0.4, -0.2) is 42.3 Å². The summed E-state index contributed by atoms with van der Waals surface area (Å²) in [6.07, 6.45) is 6.61. The van der Waals surface area contributed by atoms with E-state index in [0.29, 0.717) is 6.42 Å². The van der Waals surface area contributed by atoms with Gasteiger partial charge in [0.15, 0.2) is 0 Å². The maximum atomic E-state index is 12.5. The molecular formula is C22H29N5O2. The highest BCUT2D eigenvalue weighted by Gasteiger charge is 2.36. The molecule has 0 aliphatic heterocycles. The Morgan fingerprint density at radius 1 is 1.31 bits per heavy atom. The number of amides is 1. The van der Waals surface area contributed by atoms with Crippen LogP contribution in [0.2, 0.25) is 0 Å². The molecule has 154 valence electrons. The number of carbonyl (C=O) groups is 1. The predicted octanol–water partition coefficient (Wildman–Crippen LogP) is 2.76. The predicted molar refractivity (Wildman–Crippen MR) is 112 cm³/mol. The lowest BCUT2D eigenvalue weighted by molar-refractivity contribution is -0.122. The van der Waals surface area contributed by atoms with Crippen molar-refractivity contribution in [2.24, 2.45) is 0 Å². The molecule has 0 spiro atoms. The Bertz CT molecular complexity index is 992. The first-order chi connectivity index (χ1) is 14.1. The Labute approximate surface area is 170 Å². The van der Waals surface area contributed by atoms with Crippen LogP contribution in [0.25, 0.3) is 11.0 Å². The van der Waals surface area contributed by atoms with Crippen molar-refractivity contribution in [2.45, 2.75) is 70.7 Å². The van der Waals surface area contributed by atoms with Crippen LogP contribution in [0.1, 0.15) is 50.3 Å². The topological polar surface area (TPSA) is 85.0 Å². The minimum absolute atomic E-state index is 0.00351. The molecule has 0 saturated heterocycles. The quantitative estimate of drug-likeness (QED) is 0.644. The molecule has 1 saturated carbocycles. The Morgan fingerprint density at radius 2 is 2.14 bits per heavy atom. The lowest BCUT2D eigenvalue weighted by Gasteiger charge is -2.22. The highest BCUT2D eigenvalue weighted by Crippen LogP contribution is 2.31. The number of hydrogen-bond donors (Lipinski definition) is 2. The molecule has 0 bridgehead atoms. The van der Waals surface area contributed by atoms with Crippen LogP contribution in [0, 0.1) is 6.92 Å². The van der Waals surface area contributed by atoms with Crippen molar-refractivity contribution in [2.75, 3.05) is 0 Å². The van der Waals surface area contributed by atoms with Gasteiger partial charge in [0, 0.05) is 31.8 Å². The lowest BCUT2D eigenvalue weighted by Crippen LogP contribution is -2.42. The van der Waals surface area contributed by atoms with Gasteiger partial charge in [-0.05, 0) is 45.2 Å². The van der Waals surface area contributed by atoms with Gasteiger partial charge in [-0.1, -0.05) is 12.1 Å². The molecule has 1 aliphatic rings. The summed E-state index contributed by atoms with van der Waals surface area (Å²) < 4.78 is 4.22. The lowest BCUT2D eigenvalue weighted by atomic mass is 10.1. The number of nitrogens with one attached hydrogen (secondary N) is 1. The number of carbonyl (C=O) groups excluding carboxylic acids is 1. The molecular weight excluding hydrogens is 366 g/mol. The minimum atomic E-state index is -0.587. The van der Waals surface area contributed by atoms with Crippen molar-refractivity contribution < 1.29 is 9.90 Å². The number of aromatic nitrogens is 4. The molecule has 2 heterocycles. The number of benzene rings is 1. The average Bonchev–Trinajstić information content (AvgIpc) is 3.39. The minimum Gasteiger partial charge on any atom is -0.389 e. The fraction of sp³-hybridized carbons (Fsp3) is 0.500. The summed E-state index contributed by atoms with van der Waals surface area (Å²) in [4.78, 5) is 21.4. The monoisotopic (exact) mass is 395 g/mol. The Morgan fingerprint density at radius 3 is 2.90 bits per heavy atom. The van der Waals surface area contributed by atoms with E-state index < -0.39 is 6.10 Å². The van der Waals surface area contributed by atoms with E-state index in [1.807, 2.05) is 35.9 Å². The maximum Gasteiger partial charge on any atom is 0.220 e. The van der Waals surface area contributed by atoms with Gasteiger partial charge in [-0.15, -0.1) is 0 Å². The van der Waals surface area contributed by atoms with E-state index in [1.165, 1.54) is 0 Å². The second kappa shape index (κ2) is 8.37. The number of imidazole rings is 2. The second-order valence-corrected chi connectivity index (χ2v) is 7.81. The van der Waals surface area contributed by atoms with Crippen LogP contribution in [0.3, 0.4) is 0 Å². The van der Waals surface area contributed by atoms with E-state index in [2.05, 4.69) is 27.9 Å². The molecule has 7 heteroatoms. The molecule has 2 N–H and O–H groups in total. The van der Waals surface area contributed by atoms with Crippen molar-refractivity contribution in [3.8, 4) is 0 Å². The molecule has 3 aromatic rings. The van der Waals surface area contributed by atoms with Crippen LogP contribution in [0.5, 0.6) is 0 Å². The first-order valence-electron chi connectivity index (χ1n) is 10.5. The number of para-hydroxylation sites is 2. The number of rotatable bonds is 7. The molecule has 1 amide bonds. The number of hydrogen-bond acceptors (Lipinski definition) is 4. The zero-order chi connectivity index (χ0) is 20.4. The van der Waals surface area contributed by atoms with E-state index in [4.69, 9.17) is 4.98 Å². The average molecular weight is 396 g/mol. The van der Waals surface area contributed by atoms with Gasteiger partial charge in [-0.2, -0.15) is 0 Å². The normalized spacial score (nSPS) is 21.7. The van der Waals surface area contributed by atoms with Crippen LogP contribution < -0.4 is 5.32 Å². The van der Waals surface area contributed by atoms with Gasteiger partial charge in [0.25, 0.3) is 0 Å². The highest BCUT2D eigenvalue weighted by molar-refractivity contribution is 5.77. The first kappa shape index (κ1) is 19.6. The van der Waals surface area contributed by atoms with E-state index in [1.54, 1.807) is 6.20 Å². The molecule has 7 nitrogen and oxygen atoms in total. The smallest absolute Gasteiger partial charge is 0.220 e. The maximum absolute atomic E-state index is 12.5. The third kappa shape index (κ3) is 3.92. The summed E-state index contributed by atoms with van der Waals surface area (Å²) in [7, 11) is 0. The number of nitrogens with zero attached hydrogens (tertiary/aromatic N) is 4. The molecule has 2 aromatic heterocycles. The summed E-state index contributed by atoms with van der Waals surface area (Å²) in [5, 5.41) is 13.7. The van der Waals surface area contributed by atoms with E-state index in [-0.39, 0.29) is 18.0 Å². The molecule has 0 unspecified atom stereocenters. The van der Waals surface area contributed by atoms with Gasteiger partial charge in [0.05, 0.1) is 29.2 Å². The van der Waals surface area contributed by atoms with Crippen LogP contribution in [-0.2, 0) is 17.8 Å². The number of aliphatic hydroxyl groups excluding tert-OH is 1. The summed E-state index contributed by atoms with van der Waals surface area (Å²) >= 11 is 0. The van der Waals surface area contributed by atoms with Gasteiger partial charge in [0.1, 0.15) is 11.6 Å². The second-order valence-electron chi connectivity index (χ2n) is 7.81. The van der Waals surface area contributed by atoms with E-state index in [0.717, 1.165) is 54.9 Å². The van der Waals surface area contributed by atoms with Crippen molar-refractivity contribution in [3.63, 3.8) is 0 Å².